The first kappa shape index (κ1) is 18.2. The van der Waals surface area contributed by atoms with Gasteiger partial charge in [0.25, 0.3) is 0 Å². The van der Waals surface area contributed by atoms with Crippen molar-refractivity contribution in [1.82, 2.24) is 9.46 Å². The second-order valence-corrected chi connectivity index (χ2v) is 8.98. The van der Waals surface area contributed by atoms with Crippen LogP contribution in [0.15, 0.2) is 85.2 Å². The molecule has 5 aromatic rings. The average molecular weight is 440 g/mol. The van der Waals surface area contributed by atoms with Gasteiger partial charge in [0.2, 0.25) is 0 Å². The highest BCUT2D eigenvalue weighted by atomic mass is 19.2. The van der Waals surface area contributed by atoms with Crippen LogP contribution in [0.4, 0.5) is 8.63 Å². The molecule has 0 unspecified atom stereocenters. The Labute approximate surface area is 192 Å². The van der Waals surface area contributed by atoms with E-state index in [-0.39, 0.29) is 0 Å². The zero-order chi connectivity index (χ0) is 22.6. The molecule has 5 heteroatoms. The molecule has 1 aliphatic heterocycles. The van der Waals surface area contributed by atoms with Gasteiger partial charge < -0.3 is 4.48 Å². The number of hydrogen-bond donors (Lipinski definition) is 0. The Bertz CT molecular complexity index is 2050. The van der Waals surface area contributed by atoms with Gasteiger partial charge in [-0.1, -0.05) is 72.8 Å². The second-order valence-electron chi connectivity index (χ2n) is 8.98. The van der Waals surface area contributed by atoms with Gasteiger partial charge in [-0.25, -0.2) is 0 Å². The van der Waals surface area contributed by atoms with Crippen molar-refractivity contribution >= 4 is 45.8 Å². The van der Waals surface area contributed by atoms with Crippen LogP contribution in [0.5, 0.6) is 0 Å². The van der Waals surface area contributed by atoms with E-state index in [1.165, 1.54) is 10.8 Å². The van der Waals surface area contributed by atoms with Gasteiger partial charge in [0.05, 0.1) is 5.35 Å². The minimum atomic E-state index is -2.65. The van der Waals surface area contributed by atoms with Crippen molar-refractivity contribution in [3.05, 3.63) is 107 Å². The highest BCUT2D eigenvalue weighted by Gasteiger charge is 2.31. The third-order valence-electron chi connectivity index (χ3n) is 7.34. The van der Waals surface area contributed by atoms with Crippen LogP contribution < -0.4 is 5.35 Å². The molecule has 2 aliphatic carbocycles. The first-order chi connectivity index (χ1) is 16.7. The molecule has 0 saturated carbocycles. The van der Waals surface area contributed by atoms with Gasteiger partial charge in [0.15, 0.2) is 0 Å². The van der Waals surface area contributed by atoms with E-state index in [1.54, 1.807) is 6.20 Å². The van der Waals surface area contributed by atoms with E-state index in [9.17, 15) is 8.63 Å². The molecule has 0 bridgehead atoms. The number of nitrogens with zero attached hydrogens (tertiary/aromatic N) is 2. The summed E-state index contributed by atoms with van der Waals surface area (Å²) in [5.74, 6) is 0. The summed E-state index contributed by atoms with van der Waals surface area (Å²) in [6, 6.07) is 24.7. The molecule has 0 atom stereocenters. The Morgan fingerprint density at radius 3 is 2.18 bits per heavy atom. The summed E-state index contributed by atoms with van der Waals surface area (Å²) in [4.78, 5) is 4.71. The monoisotopic (exact) mass is 440 g/mol. The molecule has 0 amide bonds. The number of rotatable bonds is 2. The summed E-state index contributed by atoms with van der Waals surface area (Å²) in [5.41, 5.74) is 4.22. The topological polar surface area (TPSA) is 17.8 Å². The van der Waals surface area contributed by atoms with Crippen LogP contribution in [0, 0.1) is 10.4 Å². The summed E-state index contributed by atoms with van der Waals surface area (Å²) in [7, 11) is -2.65. The highest BCUT2D eigenvalue weighted by Crippen LogP contribution is 2.49. The Balaban J connectivity index is 1.52. The summed E-state index contributed by atoms with van der Waals surface area (Å²) >= 11 is 0. The maximum atomic E-state index is 14.3. The lowest BCUT2D eigenvalue weighted by Gasteiger charge is -2.07. The lowest BCUT2D eigenvalue weighted by Crippen LogP contribution is -2.15. The summed E-state index contributed by atoms with van der Waals surface area (Å²) in [6.45, 7) is 0. The predicted molar refractivity (Wildman–Crippen MR) is 134 cm³/mol. The number of halogens is 2. The lowest BCUT2D eigenvalue weighted by atomic mass is 10.0. The van der Waals surface area contributed by atoms with E-state index in [0.717, 1.165) is 64.1 Å². The minimum Gasteiger partial charge on any atom is -0.331 e. The van der Waals surface area contributed by atoms with E-state index >= 15 is 0 Å². The molecule has 4 aromatic carbocycles. The smallest absolute Gasteiger partial charge is 0.331 e. The Morgan fingerprint density at radius 1 is 0.735 bits per heavy atom. The van der Waals surface area contributed by atoms with Crippen molar-refractivity contribution < 1.29 is 8.63 Å². The second kappa shape index (κ2) is 6.20. The van der Waals surface area contributed by atoms with Crippen molar-refractivity contribution in [3.63, 3.8) is 0 Å². The molecule has 1 aromatic heterocycles. The van der Waals surface area contributed by atoms with Gasteiger partial charge in [-0.05, 0) is 49.5 Å². The maximum absolute atomic E-state index is 14.3. The van der Waals surface area contributed by atoms with Crippen molar-refractivity contribution in [1.29, 1.82) is 0 Å². The van der Waals surface area contributed by atoms with Crippen molar-refractivity contribution in [2.45, 2.75) is 0 Å². The fourth-order valence-electron chi connectivity index (χ4n) is 6.01. The molecule has 2 nitrogen and oxygen atoms in total. The summed E-state index contributed by atoms with van der Waals surface area (Å²) < 4.78 is 29.6. The molecule has 8 rings (SSSR count). The third kappa shape index (κ3) is 2.12. The number of hydrogen-bond acceptors (Lipinski definition) is 1. The van der Waals surface area contributed by atoms with E-state index in [0.29, 0.717) is 5.69 Å². The van der Waals surface area contributed by atoms with Gasteiger partial charge in [0, 0.05) is 39.7 Å². The lowest BCUT2D eigenvalue weighted by molar-refractivity contribution is 0.629. The average Bonchev–Trinajstić information content (AvgIpc) is 3.59. The Hall–Kier alpha value is -4.25. The first-order valence-corrected chi connectivity index (χ1v) is 11.3. The Kier molecular flexibility index (Phi) is 3.32. The van der Waals surface area contributed by atoms with Crippen molar-refractivity contribution in [3.8, 4) is 22.3 Å². The zero-order valence-electron chi connectivity index (χ0n) is 17.9. The number of benzene rings is 4. The first-order valence-electron chi connectivity index (χ1n) is 11.3. The molecule has 3 aliphatic rings. The number of fused-ring (bicyclic) bond motifs is 5. The zero-order valence-corrected chi connectivity index (χ0v) is 17.9. The molecular formula is C29H15BF2N2. The van der Waals surface area contributed by atoms with Crippen LogP contribution >= 0.6 is 0 Å². The molecule has 0 saturated heterocycles. The summed E-state index contributed by atoms with van der Waals surface area (Å²) in [6.07, 6.45) is 5.32. The van der Waals surface area contributed by atoms with E-state index in [4.69, 9.17) is 4.98 Å². The van der Waals surface area contributed by atoms with Crippen LogP contribution in [-0.4, -0.2) is 16.9 Å². The predicted octanol–water partition coefficient (Wildman–Crippen LogP) is 6.47. The molecule has 0 radical (unpaired) electrons. The van der Waals surface area contributed by atoms with Gasteiger partial charge in [-0.2, -0.15) is 0 Å². The SMILES string of the molecule is FB(F)n1cc2c(c1/C=c1\ncc3c4cccc5cccc(c1=3)c54)-c1cccc3cccc-2c13. The van der Waals surface area contributed by atoms with E-state index in [1.807, 2.05) is 42.6 Å². The standard InChI is InChI=1S/C29H15BF2N2/c31-30(32)34-15-23-19-10-2-6-17-8-4-12-21(27(17)19)29(23)25(34)13-24-28-20-11-3-7-16-5-1-9-18(26(16)20)22(28)14-33-24/h1-15H/b24-13-. The molecule has 158 valence electrons. The highest BCUT2D eigenvalue weighted by molar-refractivity contribution is 6.42. The normalized spacial score (nSPS) is 13.2. The number of aromatic nitrogens is 2. The Morgan fingerprint density at radius 2 is 1.41 bits per heavy atom. The molecule has 0 fully saturated rings. The third-order valence-corrected chi connectivity index (χ3v) is 7.34. The minimum absolute atomic E-state index is 0.498. The quantitative estimate of drug-likeness (QED) is 0.282. The van der Waals surface area contributed by atoms with Gasteiger partial charge in [-0.15, -0.1) is 0 Å². The van der Waals surface area contributed by atoms with Crippen molar-refractivity contribution in [2.24, 2.45) is 0 Å². The van der Waals surface area contributed by atoms with Gasteiger partial charge in [-0.3, -0.25) is 13.6 Å². The molecular weight excluding hydrogens is 425 g/mol. The molecule has 0 N–H and O–H groups in total. The van der Waals surface area contributed by atoms with Gasteiger partial charge >= 0.3 is 7.40 Å². The largest absolute Gasteiger partial charge is 0.677 e. The molecule has 34 heavy (non-hydrogen) atoms. The van der Waals surface area contributed by atoms with Gasteiger partial charge in [0.1, 0.15) is 0 Å². The van der Waals surface area contributed by atoms with Crippen LogP contribution in [0.3, 0.4) is 0 Å². The maximum Gasteiger partial charge on any atom is 0.677 e. The molecule has 2 heterocycles. The fourth-order valence-corrected chi connectivity index (χ4v) is 6.01. The van der Waals surface area contributed by atoms with Crippen LogP contribution in [0.1, 0.15) is 5.69 Å². The van der Waals surface area contributed by atoms with Crippen LogP contribution in [-0.2, 0) is 0 Å². The van der Waals surface area contributed by atoms with E-state index < -0.39 is 7.40 Å². The summed E-state index contributed by atoms with van der Waals surface area (Å²) in [5, 5.41) is 9.72. The van der Waals surface area contributed by atoms with Crippen molar-refractivity contribution in [2.75, 3.05) is 0 Å². The molecule has 0 spiro atoms. The van der Waals surface area contributed by atoms with Crippen LogP contribution in [0.25, 0.3) is 60.6 Å². The fraction of sp³-hybridized carbons (Fsp3) is 0. The van der Waals surface area contributed by atoms with E-state index in [2.05, 4.69) is 42.5 Å². The van der Waals surface area contributed by atoms with Crippen LogP contribution in [0.2, 0.25) is 0 Å².